The van der Waals surface area contributed by atoms with E-state index < -0.39 is 30.2 Å². The maximum Gasteiger partial charge on any atom is 0.164 e. The molecule has 4 heteroatoms. The summed E-state index contributed by atoms with van der Waals surface area (Å²) in [5.41, 5.74) is 4.15. The molecule has 8 aromatic carbocycles. The van der Waals surface area contributed by atoms with Gasteiger partial charge in [-0.15, -0.1) is 0 Å². The zero-order valence-electron chi connectivity index (χ0n) is 38.9. The first kappa shape index (κ1) is 21.3. The molecule has 2 heterocycles. The van der Waals surface area contributed by atoms with Crippen LogP contribution in [0.15, 0.2) is 194 Å². The molecule has 4 nitrogen and oxygen atoms in total. The van der Waals surface area contributed by atoms with Gasteiger partial charge in [0.15, 0.2) is 17.5 Å². The van der Waals surface area contributed by atoms with Crippen LogP contribution in [0.4, 0.5) is 0 Å². The third-order valence-corrected chi connectivity index (χ3v) is 9.26. The van der Waals surface area contributed by atoms with E-state index >= 15 is 0 Å². The molecule has 0 spiro atoms. The van der Waals surface area contributed by atoms with Crippen LogP contribution >= 0.6 is 0 Å². The molecule has 10 rings (SSSR count). The molecule has 10 aromatic rings. The standard InChI is InChI=1S/C49H32N4/c1-3-14-33(15-4-1)38-30-39(32-40(31-38)53-45-24-11-9-21-43(45)44-22-10-12-25-46(44)53)49-51-47(36-17-5-2-6-18-36)50-48(52-49)37-28-26-35(27-29-37)42-23-13-19-34-16-7-8-20-41(34)42/h1-32H/i1D,3D,4D,9D,10D,14D,15D,21D,22D,24D,25D. The average molecular weight is 688 g/mol. The van der Waals surface area contributed by atoms with Gasteiger partial charge in [-0.1, -0.05) is 164 Å². The SMILES string of the molecule is [2H]c1cc([2H])c2c(c1[2H])c1c([2H])c([2H])cc([2H])c1n2-c1cc(-c2nc(-c3ccccc3)nc(-c3ccc(-c4cccc5ccccc45)cc3)n2)cc(-c2c([2H])c([2H])c([2H])c([2H])c2[2H])c1. The zero-order chi connectivity index (χ0) is 44.7. The van der Waals surface area contributed by atoms with Crippen molar-refractivity contribution in [2.75, 3.05) is 0 Å². The van der Waals surface area contributed by atoms with Crippen LogP contribution in [-0.2, 0) is 0 Å². The first-order valence-electron chi connectivity index (χ1n) is 22.5. The van der Waals surface area contributed by atoms with Gasteiger partial charge < -0.3 is 4.57 Å². The van der Waals surface area contributed by atoms with Crippen LogP contribution in [0.5, 0.6) is 0 Å². The van der Waals surface area contributed by atoms with Crippen LogP contribution in [0.1, 0.15) is 15.1 Å². The smallest absolute Gasteiger partial charge is 0.164 e. The fraction of sp³-hybridized carbons (Fsp3) is 0. The summed E-state index contributed by atoms with van der Waals surface area (Å²) in [6.45, 7) is 0. The van der Waals surface area contributed by atoms with Gasteiger partial charge >= 0.3 is 0 Å². The minimum absolute atomic E-state index is 0.0376. The molecule has 0 unspecified atom stereocenters. The van der Waals surface area contributed by atoms with Gasteiger partial charge in [-0.2, -0.15) is 0 Å². The molecule has 0 radical (unpaired) electrons. The molecule has 0 aliphatic heterocycles. The molecule has 0 N–H and O–H groups in total. The molecule has 0 aliphatic rings. The number of aromatic nitrogens is 4. The van der Waals surface area contributed by atoms with Gasteiger partial charge in [0.2, 0.25) is 0 Å². The van der Waals surface area contributed by atoms with E-state index in [4.69, 9.17) is 30.0 Å². The number of fused-ring (bicyclic) bond motifs is 4. The first-order valence-corrected chi connectivity index (χ1v) is 17.0. The largest absolute Gasteiger partial charge is 0.309 e. The highest BCUT2D eigenvalue weighted by atomic mass is 15.0. The lowest BCUT2D eigenvalue weighted by atomic mass is 9.97. The van der Waals surface area contributed by atoms with E-state index in [1.807, 2.05) is 72.8 Å². The van der Waals surface area contributed by atoms with Crippen molar-refractivity contribution < 1.29 is 15.1 Å². The van der Waals surface area contributed by atoms with E-state index in [0.717, 1.165) is 21.9 Å². The van der Waals surface area contributed by atoms with Crippen molar-refractivity contribution in [1.29, 1.82) is 0 Å². The summed E-state index contributed by atoms with van der Waals surface area (Å²) in [5.74, 6) is 0.807. The summed E-state index contributed by atoms with van der Waals surface area (Å²) in [5, 5.41) is 2.30. The van der Waals surface area contributed by atoms with E-state index in [9.17, 15) is 0 Å². The van der Waals surface area contributed by atoms with Gasteiger partial charge in [-0.3, -0.25) is 0 Å². The van der Waals surface area contributed by atoms with Crippen LogP contribution in [0, 0.1) is 0 Å². The van der Waals surface area contributed by atoms with Crippen LogP contribution in [0.3, 0.4) is 0 Å². The molecule has 0 atom stereocenters. The average Bonchev–Trinajstić information content (AvgIpc) is 3.69. The second kappa shape index (κ2) is 12.9. The Labute approximate surface area is 322 Å². The quantitative estimate of drug-likeness (QED) is 0.175. The van der Waals surface area contributed by atoms with Gasteiger partial charge in [0.05, 0.1) is 26.1 Å². The molecule has 0 bridgehead atoms. The predicted molar refractivity (Wildman–Crippen MR) is 219 cm³/mol. The lowest BCUT2D eigenvalue weighted by molar-refractivity contribution is 1.07. The lowest BCUT2D eigenvalue weighted by Gasteiger charge is -2.14. The summed E-state index contributed by atoms with van der Waals surface area (Å²) in [6, 6.07) is 34.7. The van der Waals surface area contributed by atoms with E-state index in [-0.39, 0.29) is 80.7 Å². The Hall–Kier alpha value is -7.17. The van der Waals surface area contributed by atoms with Gasteiger partial charge in [0, 0.05) is 33.2 Å². The van der Waals surface area contributed by atoms with Crippen molar-refractivity contribution in [3.8, 4) is 62.1 Å². The van der Waals surface area contributed by atoms with Crippen molar-refractivity contribution in [1.82, 2.24) is 19.5 Å². The van der Waals surface area contributed by atoms with E-state index in [2.05, 4.69) is 24.3 Å². The van der Waals surface area contributed by atoms with Crippen LogP contribution in [0.2, 0.25) is 0 Å². The van der Waals surface area contributed by atoms with Crippen molar-refractivity contribution in [2.45, 2.75) is 0 Å². The number of rotatable bonds is 6. The topological polar surface area (TPSA) is 43.6 Å². The van der Waals surface area contributed by atoms with Crippen molar-refractivity contribution in [3.05, 3.63) is 194 Å². The third-order valence-electron chi connectivity index (χ3n) is 9.26. The number of hydrogen-bond donors (Lipinski definition) is 0. The molecule has 0 saturated heterocycles. The number of benzene rings is 8. The second-order valence-electron chi connectivity index (χ2n) is 12.4. The van der Waals surface area contributed by atoms with E-state index in [1.54, 1.807) is 18.2 Å². The minimum Gasteiger partial charge on any atom is -0.309 e. The number of nitrogens with zero attached hydrogens (tertiary/aromatic N) is 4. The predicted octanol–water partition coefficient (Wildman–Crippen LogP) is 12.5. The van der Waals surface area contributed by atoms with Crippen LogP contribution in [0.25, 0.3) is 94.7 Å². The molecule has 0 saturated carbocycles. The highest BCUT2D eigenvalue weighted by Gasteiger charge is 2.17. The molecular weight excluding hydrogens is 645 g/mol. The van der Waals surface area contributed by atoms with Crippen molar-refractivity contribution >= 4 is 32.6 Å². The normalized spacial score (nSPS) is 14.3. The first-order chi connectivity index (χ1) is 30.8. The summed E-state index contributed by atoms with van der Waals surface area (Å²) in [6.07, 6.45) is 0. The monoisotopic (exact) mass is 687 g/mol. The Kier molecular flexibility index (Phi) is 5.16. The minimum atomic E-state index is -0.570. The molecule has 53 heavy (non-hydrogen) atoms. The van der Waals surface area contributed by atoms with Gasteiger partial charge in [0.25, 0.3) is 0 Å². The zero-order valence-corrected chi connectivity index (χ0v) is 27.9. The second-order valence-corrected chi connectivity index (χ2v) is 12.4. The maximum atomic E-state index is 9.10. The Balaban J connectivity index is 1.26. The Morgan fingerprint density at radius 2 is 0.962 bits per heavy atom. The van der Waals surface area contributed by atoms with Gasteiger partial charge in [-0.05, 0) is 63.3 Å². The van der Waals surface area contributed by atoms with Crippen LogP contribution < -0.4 is 0 Å². The Morgan fingerprint density at radius 1 is 0.377 bits per heavy atom. The molecule has 2 aromatic heterocycles. The molecule has 248 valence electrons. The summed E-state index contributed by atoms with van der Waals surface area (Å²) >= 11 is 0. The van der Waals surface area contributed by atoms with E-state index in [0.29, 0.717) is 28.3 Å². The van der Waals surface area contributed by atoms with Crippen molar-refractivity contribution in [2.24, 2.45) is 0 Å². The Bertz CT molecular complexity index is 3470. The molecule has 0 aliphatic carbocycles. The molecule has 0 fully saturated rings. The highest BCUT2D eigenvalue weighted by Crippen LogP contribution is 2.37. The van der Waals surface area contributed by atoms with Gasteiger partial charge in [0.1, 0.15) is 0 Å². The summed E-state index contributed by atoms with van der Waals surface area (Å²) in [7, 11) is 0. The van der Waals surface area contributed by atoms with Crippen molar-refractivity contribution in [3.63, 3.8) is 0 Å². The third kappa shape index (κ3) is 5.54. The molecule has 0 amide bonds. The number of hydrogen-bond acceptors (Lipinski definition) is 3. The summed E-state index contributed by atoms with van der Waals surface area (Å²) < 4.78 is 97.9. The number of para-hydroxylation sites is 2. The highest BCUT2D eigenvalue weighted by molar-refractivity contribution is 6.09. The van der Waals surface area contributed by atoms with Crippen LogP contribution in [-0.4, -0.2) is 19.5 Å². The maximum absolute atomic E-state index is 9.10. The van der Waals surface area contributed by atoms with E-state index in [1.165, 1.54) is 16.7 Å². The van der Waals surface area contributed by atoms with Gasteiger partial charge in [-0.25, -0.2) is 15.0 Å². The lowest BCUT2D eigenvalue weighted by Crippen LogP contribution is -2.02. The summed E-state index contributed by atoms with van der Waals surface area (Å²) in [4.78, 5) is 14.9. The fourth-order valence-electron chi connectivity index (χ4n) is 6.81. The molecular formula is C49H32N4. The fourth-order valence-corrected chi connectivity index (χ4v) is 6.81. The Morgan fingerprint density at radius 3 is 1.68 bits per heavy atom.